The molecule has 1 rings (SSSR count). The van der Waals surface area contributed by atoms with Crippen LogP contribution in [0.5, 0.6) is 0 Å². The summed E-state index contributed by atoms with van der Waals surface area (Å²) in [5, 5.41) is 0. The number of cyclic esters (lactones) is 1. The molecule has 0 aromatic rings. The minimum absolute atomic E-state index is 0.139. The molecule has 0 amide bonds. The molecule has 16 heavy (non-hydrogen) atoms. The maximum Gasteiger partial charge on any atom is 0.350 e. The predicted octanol–water partition coefficient (Wildman–Crippen LogP) is 0.906. The van der Waals surface area contributed by atoms with Crippen LogP contribution in [-0.2, 0) is 23.8 Å². The highest BCUT2D eigenvalue weighted by molar-refractivity contribution is 5.83. The Kier molecular flexibility index (Phi) is 3.91. The van der Waals surface area contributed by atoms with Gasteiger partial charge in [-0.3, -0.25) is 4.79 Å². The van der Waals surface area contributed by atoms with Crippen molar-refractivity contribution in [1.82, 2.24) is 0 Å². The normalized spacial score (nSPS) is 25.4. The zero-order valence-corrected chi connectivity index (χ0v) is 10.1. The standard InChI is InChI=1S/C11H18O5/c1-5-11(2,3)10(13)16-8-7(14-4)6-15-9(8)12/h7-8H,5-6H2,1-4H3. The summed E-state index contributed by atoms with van der Waals surface area (Å²) >= 11 is 0. The third kappa shape index (κ3) is 2.52. The zero-order chi connectivity index (χ0) is 12.3. The third-order valence-electron chi connectivity index (χ3n) is 2.93. The molecule has 0 spiro atoms. The lowest BCUT2D eigenvalue weighted by atomic mass is 9.90. The Morgan fingerprint density at radius 1 is 1.56 bits per heavy atom. The average molecular weight is 230 g/mol. The second-order valence-corrected chi connectivity index (χ2v) is 4.47. The van der Waals surface area contributed by atoms with Crippen molar-refractivity contribution in [1.29, 1.82) is 0 Å². The molecule has 1 aliphatic rings. The average Bonchev–Trinajstić information content (AvgIpc) is 2.60. The van der Waals surface area contributed by atoms with Crippen molar-refractivity contribution in [2.45, 2.75) is 39.4 Å². The first-order chi connectivity index (χ1) is 7.42. The Morgan fingerprint density at radius 3 is 2.69 bits per heavy atom. The number of carbonyl (C=O) groups excluding carboxylic acids is 2. The molecule has 0 radical (unpaired) electrons. The first-order valence-electron chi connectivity index (χ1n) is 5.33. The lowest BCUT2D eigenvalue weighted by molar-refractivity contribution is -0.170. The van der Waals surface area contributed by atoms with Gasteiger partial charge in [0.2, 0.25) is 6.10 Å². The number of carbonyl (C=O) groups is 2. The molecular weight excluding hydrogens is 212 g/mol. The predicted molar refractivity (Wildman–Crippen MR) is 55.7 cm³/mol. The molecule has 92 valence electrons. The van der Waals surface area contributed by atoms with Crippen molar-refractivity contribution in [2.75, 3.05) is 13.7 Å². The van der Waals surface area contributed by atoms with E-state index in [0.717, 1.165) is 0 Å². The van der Waals surface area contributed by atoms with Gasteiger partial charge in [-0.05, 0) is 20.3 Å². The molecule has 0 aromatic carbocycles. The Bertz CT molecular complexity index is 284. The van der Waals surface area contributed by atoms with Crippen molar-refractivity contribution in [3.63, 3.8) is 0 Å². The van der Waals surface area contributed by atoms with Gasteiger partial charge in [0.25, 0.3) is 0 Å². The van der Waals surface area contributed by atoms with Gasteiger partial charge in [-0.15, -0.1) is 0 Å². The molecule has 0 saturated carbocycles. The van der Waals surface area contributed by atoms with Crippen LogP contribution in [0, 0.1) is 5.41 Å². The van der Waals surface area contributed by atoms with E-state index in [-0.39, 0.29) is 6.61 Å². The Balaban J connectivity index is 2.66. The molecule has 0 bridgehead atoms. The Labute approximate surface area is 95.0 Å². The monoisotopic (exact) mass is 230 g/mol. The quantitative estimate of drug-likeness (QED) is 0.672. The van der Waals surface area contributed by atoms with E-state index >= 15 is 0 Å². The van der Waals surface area contributed by atoms with E-state index in [4.69, 9.17) is 14.2 Å². The van der Waals surface area contributed by atoms with Gasteiger partial charge in [0.1, 0.15) is 12.7 Å². The van der Waals surface area contributed by atoms with Crippen molar-refractivity contribution < 1.29 is 23.8 Å². The van der Waals surface area contributed by atoms with E-state index in [1.54, 1.807) is 13.8 Å². The van der Waals surface area contributed by atoms with Crippen LogP contribution < -0.4 is 0 Å². The van der Waals surface area contributed by atoms with Crippen LogP contribution in [0.1, 0.15) is 27.2 Å². The van der Waals surface area contributed by atoms with Gasteiger partial charge in [-0.1, -0.05) is 6.92 Å². The summed E-state index contributed by atoms with van der Waals surface area (Å²) in [4.78, 5) is 23.1. The molecule has 1 heterocycles. The van der Waals surface area contributed by atoms with Gasteiger partial charge >= 0.3 is 11.9 Å². The number of rotatable bonds is 4. The summed E-state index contributed by atoms with van der Waals surface area (Å²) in [5.74, 6) is -0.937. The fourth-order valence-electron chi connectivity index (χ4n) is 1.22. The van der Waals surface area contributed by atoms with E-state index in [1.165, 1.54) is 7.11 Å². The van der Waals surface area contributed by atoms with Crippen molar-refractivity contribution in [3.05, 3.63) is 0 Å². The smallest absolute Gasteiger partial charge is 0.350 e. The van der Waals surface area contributed by atoms with Crippen LogP contribution in [0.3, 0.4) is 0 Å². The van der Waals surface area contributed by atoms with Crippen molar-refractivity contribution in [2.24, 2.45) is 5.41 Å². The van der Waals surface area contributed by atoms with Crippen LogP contribution in [0.4, 0.5) is 0 Å². The van der Waals surface area contributed by atoms with Gasteiger partial charge in [0, 0.05) is 7.11 Å². The topological polar surface area (TPSA) is 61.8 Å². The highest BCUT2D eigenvalue weighted by Crippen LogP contribution is 2.24. The molecular formula is C11H18O5. The number of esters is 2. The largest absolute Gasteiger partial charge is 0.460 e. The minimum Gasteiger partial charge on any atom is -0.460 e. The lowest BCUT2D eigenvalue weighted by Gasteiger charge is -2.23. The molecule has 1 saturated heterocycles. The number of hydrogen-bond donors (Lipinski definition) is 0. The Hall–Kier alpha value is -1.10. The molecule has 0 aliphatic carbocycles. The lowest BCUT2D eigenvalue weighted by Crippen LogP contribution is -2.38. The Morgan fingerprint density at radius 2 is 2.19 bits per heavy atom. The van der Waals surface area contributed by atoms with Crippen LogP contribution in [0.15, 0.2) is 0 Å². The van der Waals surface area contributed by atoms with Crippen LogP contribution in [0.2, 0.25) is 0 Å². The van der Waals surface area contributed by atoms with Crippen LogP contribution in [-0.4, -0.2) is 37.9 Å². The van der Waals surface area contributed by atoms with E-state index in [9.17, 15) is 9.59 Å². The molecule has 1 aliphatic heterocycles. The molecule has 5 nitrogen and oxygen atoms in total. The van der Waals surface area contributed by atoms with E-state index in [0.29, 0.717) is 6.42 Å². The summed E-state index contributed by atoms with van der Waals surface area (Å²) in [7, 11) is 1.46. The first-order valence-corrected chi connectivity index (χ1v) is 5.33. The van der Waals surface area contributed by atoms with E-state index in [2.05, 4.69) is 0 Å². The fraction of sp³-hybridized carbons (Fsp3) is 0.818. The SMILES string of the molecule is CCC(C)(C)C(=O)OC1C(=O)OCC1OC. The summed E-state index contributed by atoms with van der Waals surface area (Å²) in [5.41, 5.74) is -0.596. The van der Waals surface area contributed by atoms with E-state index < -0.39 is 29.6 Å². The second kappa shape index (κ2) is 4.82. The highest BCUT2D eigenvalue weighted by Gasteiger charge is 2.42. The molecule has 0 aromatic heterocycles. The first kappa shape index (κ1) is 13.0. The number of hydrogen-bond acceptors (Lipinski definition) is 5. The fourth-order valence-corrected chi connectivity index (χ4v) is 1.22. The summed E-state index contributed by atoms with van der Waals surface area (Å²) in [6.07, 6.45) is -0.780. The molecule has 0 N–H and O–H groups in total. The minimum atomic E-state index is -0.927. The maximum absolute atomic E-state index is 11.8. The van der Waals surface area contributed by atoms with Crippen LogP contribution >= 0.6 is 0 Å². The highest BCUT2D eigenvalue weighted by atomic mass is 16.6. The molecule has 2 atom stereocenters. The van der Waals surface area contributed by atoms with Gasteiger partial charge in [-0.25, -0.2) is 4.79 Å². The van der Waals surface area contributed by atoms with Crippen molar-refractivity contribution in [3.8, 4) is 0 Å². The molecule has 5 heteroatoms. The number of methoxy groups -OCH3 is 1. The summed E-state index contributed by atoms with van der Waals surface area (Å²) in [6, 6.07) is 0. The van der Waals surface area contributed by atoms with Gasteiger partial charge in [0.15, 0.2) is 0 Å². The van der Waals surface area contributed by atoms with Gasteiger partial charge in [0.05, 0.1) is 5.41 Å². The van der Waals surface area contributed by atoms with Gasteiger partial charge < -0.3 is 14.2 Å². The maximum atomic E-state index is 11.8. The zero-order valence-electron chi connectivity index (χ0n) is 10.1. The summed E-state index contributed by atoms with van der Waals surface area (Å²) in [6.45, 7) is 5.58. The van der Waals surface area contributed by atoms with Gasteiger partial charge in [-0.2, -0.15) is 0 Å². The third-order valence-corrected chi connectivity index (χ3v) is 2.93. The second-order valence-electron chi connectivity index (χ2n) is 4.47. The molecule has 1 fully saturated rings. The van der Waals surface area contributed by atoms with E-state index in [1.807, 2.05) is 6.92 Å². The van der Waals surface area contributed by atoms with Crippen molar-refractivity contribution >= 4 is 11.9 Å². The molecule has 2 unspecified atom stereocenters. The number of ether oxygens (including phenoxy) is 3. The summed E-state index contributed by atoms with van der Waals surface area (Å²) < 4.78 is 14.9. The van der Waals surface area contributed by atoms with Crippen LogP contribution in [0.25, 0.3) is 0 Å².